The maximum atomic E-state index is 15.5. The second-order valence-corrected chi connectivity index (χ2v) is 23.3. The first kappa shape index (κ1) is 53.1. The van der Waals surface area contributed by atoms with Crippen LogP contribution in [0.1, 0.15) is 104 Å². The molecule has 2 aromatic heterocycles. The Bertz CT molecular complexity index is 2980. The van der Waals surface area contributed by atoms with Gasteiger partial charge in [-0.3, -0.25) is 19.2 Å². The van der Waals surface area contributed by atoms with Crippen molar-refractivity contribution >= 4 is 85.8 Å². The third-order valence-corrected chi connectivity index (χ3v) is 15.9. The Hall–Kier alpha value is -4.79. The van der Waals surface area contributed by atoms with E-state index in [0.717, 1.165) is 38.6 Å². The van der Waals surface area contributed by atoms with Crippen molar-refractivity contribution in [2.24, 2.45) is 0 Å². The maximum absolute atomic E-state index is 15.5. The molecule has 6 aliphatic rings. The Morgan fingerprint density at radius 3 is 1.62 bits per heavy atom. The average Bonchev–Trinajstić information content (AvgIpc) is 4.03. The number of nitrogens with one attached hydrogen (secondary N) is 3. The predicted molar refractivity (Wildman–Crippen MR) is 281 cm³/mol. The molecule has 8 heterocycles. The highest BCUT2D eigenvalue weighted by atomic mass is 127. The molecule has 392 valence electrons. The van der Waals surface area contributed by atoms with Gasteiger partial charge in [0.2, 0.25) is 11.6 Å². The first-order valence-corrected chi connectivity index (χ1v) is 26.8. The van der Waals surface area contributed by atoms with Crippen LogP contribution in [0.25, 0.3) is 0 Å². The van der Waals surface area contributed by atoms with Crippen LogP contribution in [0.5, 0.6) is 0 Å². The first-order chi connectivity index (χ1) is 34.6. The van der Waals surface area contributed by atoms with Crippen LogP contribution in [0.4, 0.5) is 45.1 Å². The molecule has 10 rings (SSSR count). The SMILES string of the molecule is CC(C)(C)OC(=O)N1CCCCC1C1(O)CN(C(=O)c2c(Nc3ccc(I)cc3F)c(F)c(=O)n3c2CCC3)C1.O=C(c1c(Nc2ccc(I)cc2F)c(F)c(=O)n2c1CCC2)N1CC(O)(C2CCCCN2)C1. The molecule has 6 aliphatic heterocycles. The van der Waals surface area contributed by atoms with Gasteiger partial charge in [-0.1, -0.05) is 6.42 Å². The first-order valence-electron chi connectivity index (χ1n) is 24.7. The topological polar surface area (TPSA) is 191 Å². The van der Waals surface area contributed by atoms with E-state index in [0.29, 0.717) is 63.7 Å². The van der Waals surface area contributed by atoms with Crippen LogP contribution < -0.4 is 27.1 Å². The number of halogens is 6. The largest absolute Gasteiger partial charge is 0.444 e. The van der Waals surface area contributed by atoms with Gasteiger partial charge in [-0.2, -0.15) is 8.78 Å². The lowest BCUT2D eigenvalue weighted by atomic mass is 9.80. The molecule has 4 saturated heterocycles. The number of hydrogen-bond donors (Lipinski definition) is 5. The number of carbonyl (C=O) groups is 3. The molecular formula is C51H58F4I2N8O8. The maximum Gasteiger partial charge on any atom is 0.410 e. The number of hydrogen-bond acceptors (Lipinski definition) is 11. The van der Waals surface area contributed by atoms with Crippen molar-refractivity contribution < 1.29 is 46.9 Å². The third-order valence-electron chi connectivity index (χ3n) is 14.6. The number of amides is 3. The number of ether oxygens (including phenoxy) is 1. The molecular weight excluding hydrogens is 1180 g/mol. The normalized spacial score (nSPS) is 20.7. The van der Waals surface area contributed by atoms with Gasteiger partial charge in [-0.15, -0.1) is 0 Å². The third kappa shape index (κ3) is 10.5. The van der Waals surface area contributed by atoms with Gasteiger partial charge in [-0.25, -0.2) is 13.6 Å². The fourth-order valence-corrected chi connectivity index (χ4v) is 11.9. The number of anilines is 4. The number of carbonyl (C=O) groups excluding carboxylic acids is 3. The van der Waals surface area contributed by atoms with Gasteiger partial charge in [0.05, 0.1) is 66.1 Å². The number of aromatic nitrogens is 2. The molecule has 0 aliphatic carbocycles. The molecule has 16 nitrogen and oxygen atoms in total. The van der Waals surface area contributed by atoms with E-state index in [1.165, 1.54) is 43.2 Å². The summed E-state index contributed by atoms with van der Waals surface area (Å²) in [6, 6.07) is 8.07. The Balaban J connectivity index is 0.000000183. The zero-order valence-corrected chi connectivity index (χ0v) is 45.0. The van der Waals surface area contributed by atoms with Crippen molar-refractivity contribution in [3.63, 3.8) is 0 Å². The molecule has 4 aromatic rings. The monoisotopic (exact) mass is 1240 g/mol. The van der Waals surface area contributed by atoms with E-state index in [-0.39, 0.29) is 72.6 Å². The molecule has 2 atom stereocenters. The van der Waals surface area contributed by atoms with Crippen LogP contribution >= 0.6 is 45.2 Å². The Morgan fingerprint density at radius 2 is 1.16 bits per heavy atom. The molecule has 0 saturated carbocycles. The van der Waals surface area contributed by atoms with E-state index >= 15 is 8.78 Å². The summed E-state index contributed by atoms with van der Waals surface area (Å²) < 4.78 is 69.3. The minimum atomic E-state index is -1.36. The number of piperidine rings is 2. The molecule has 22 heteroatoms. The molecule has 3 amide bonds. The van der Waals surface area contributed by atoms with Crippen LogP contribution in [0.3, 0.4) is 0 Å². The van der Waals surface area contributed by atoms with Crippen molar-refractivity contribution in [2.45, 2.75) is 127 Å². The lowest BCUT2D eigenvalue weighted by Crippen LogP contribution is -2.73. The van der Waals surface area contributed by atoms with E-state index in [1.54, 1.807) is 37.8 Å². The summed E-state index contributed by atoms with van der Waals surface area (Å²) in [5, 5.41) is 31.2. The van der Waals surface area contributed by atoms with Crippen LogP contribution in [-0.4, -0.2) is 120 Å². The molecule has 2 aromatic carbocycles. The summed E-state index contributed by atoms with van der Waals surface area (Å²) in [6.45, 7) is 7.31. The van der Waals surface area contributed by atoms with E-state index in [1.807, 2.05) is 45.2 Å². The molecule has 4 fully saturated rings. The molecule has 0 spiro atoms. The number of benzene rings is 2. The van der Waals surface area contributed by atoms with Crippen molar-refractivity contribution in [3.05, 3.63) is 110 Å². The number of fused-ring (bicyclic) bond motifs is 2. The van der Waals surface area contributed by atoms with Gasteiger partial charge in [0.1, 0.15) is 28.4 Å². The zero-order valence-electron chi connectivity index (χ0n) is 40.7. The average molecular weight is 1240 g/mol. The molecule has 73 heavy (non-hydrogen) atoms. The zero-order chi connectivity index (χ0) is 52.3. The molecule has 5 N–H and O–H groups in total. The second-order valence-electron chi connectivity index (χ2n) is 20.9. The summed E-state index contributed by atoms with van der Waals surface area (Å²) in [4.78, 5) is 70.1. The summed E-state index contributed by atoms with van der Waals surface area (Å²) >= 11 is 3.91. The second kappa shape index (κ2) is 20.7. The fraction of sp³-hybridized carbons (Fsp3) is 0.510. The molecule has 0 radical (unpaired) electrons. The molecule has 0 bridgehead atoms. The number of nitrogens with zero attached hydrogens (tertiary/aromatic N) is 5. The Morgan fingerprint density at radius 1 is 0.685 bits per heavy atom. The lowest BCUT2D eigenvalue weighted by Gasteiger charge is -2.54. The van der Waals surface area contributed by atoms with Gasteiger partial charge in [-0.05, 0) is 167 Å². The van der Waals surface area contributed by atoms with Crippen molar-refractivity contribution in [2.75, 3.05) is 49.9 Å². The summed E-state index contributed by atoms with van der Waals surface area (Å²) in [5.74, 6) is -4.56. The van der Waals surface area contributed by atoms with Gasteiger partial charge < -0.3 is 54.7 Å². The summed E-state index contributed by atoms with van der Waals surface area (Å²) in [7, 11) is 0. The Kier molecular flexibility index (Phi) is 15.1. The summed E-state index contributed by atoms with van der Waals surface area (Å²) in [5.41, 5.74) is -4.69. The van der Waals surface area contributed by atoms with Crippen LogP contribution in [0, 0.1) is 30.4 Å². The summed E-state index contributed by atoms with van der Waals surface area (Å²) in [6.07, 6.45) is 6.56. The number of likely N-dealkylation sites (tertiary alicyclic amines) is 3. The van der Waals surface area contributed by atoms with Gasteiger partial charge in [0.15, 0.2) is 0 Å². The number of rotatable bonds is 8. The van der Waals surface area contributed by atoms with Crippen LogP contribution in [0.2, 0.25) is 0 Å². The molecule has 2 unspecified atom stereocenters. The minimum Gasteiger partial charge on any atom is -0.444 e. The highest BCUT2D eigenvalue weighted by Crippen LogP contribution is 2.39. The van der Waals surface area contributed by atoms with Crippen molar-refractivity contribution in [1.29, 1.82) is 0 Å². The van der Waals surface area contributed by atoms with E-state index in [4.69, 9.17) is 4.74 Å². The standard InChI is InChI=1S/C28H33F2IN4O5.C23H25F2IN4O3/c1-27(2,3)40-26(38)35-11-5-4-8-20(35)28(39)14-33(15-28)24(36)21-19-7-6-12-34(19)25(37)22(30)23(21)32-18-10-9-16(31)13-17(18)29;24-14-10-13(26)6-7-15(14)28-20-18(16-4-3-9-30(16)22(32)19(20)25)21(31)29-11-23(33,12-29)17-5-1-2-8-27-17/h9-10,13,20,32,39H,4-8,11-12,14-15H2,1-3H3;6-7,10,17,27-28,33H,1-5,8-9,11-12H2. The number of aliphatic hydroxyl groups is 2. The van der Waals surface area contributed by atoms with E-state index in [2.05, 4.69) is 16.0 Å². The van der Waals surface area contributed by atoms with Crippen molar-refractivity contribution in [1.82, 2.24) is 29.2 Å². The number of pyridine rings is 2. The van der Waals surface area contributed by atoms with Gasteiger partial charge >= 0.3 is 6.09 Å². The van der Waals surface area contributed by atoms with Crippen LogP contribution in [0.15, 0.2) is 46.0 Å². The number of β-amino-alcohol motifs (C(OH)–C–C–N with tert-alkyl or cyclic N) is 2. The quantitative estimate of drug-likeness (QED) is 0.0891. The van der Waals surface area contributed by atoms with Crippen LogP contribution in [-0.2, 0) is 30.7 Å². The Labute approximate surface area is 446 Å². The smallest absolute Gasteiger partial charge is 0.410 e. The highest BCUT2D eigenvalue weighted by Gasteiger charge is 2.54. The minimum absolute atomic E-state index is 0.0165. The lowest BCUT2D eigenvalue weighted by molar-refractivity contribution is -0.137. The fourth-order valence-electron chi connectivity index (χ4n) is 11.0. The van der Waals surface area contributed by atoms with Gasteiger partial charge in [0.25, 0.3) is 22.9 Å². The highest BCUT2D eigenvalue weighted by molar-refractivity contribution is 14.1. The van der Waals surface area contributed by atoms with E-state index < -0.39 is 75.1 Å². The van der Waals surface area contributed by atoms with E-state index in [9.17, 15) is 43.0 Å². The van der Waals surface area contributed by atoms with Gasteiger partial charge in [0, 0.05) is 44.2 Å². The predicted octanol–water partition coefficient (Wildman–Crippen LogP) is 7.15. The van der Waals surface area contributed by atoms with Crippen molar-refractivity contribution in [3.8, 4) is 0 Å².